The molecule has 0 unspecified atom stereocenters. The van der Waals surface area contributed by atoms with Crippen molar-refractivity contribution < 1.29 is 4.79 Å². The van der Waals surface area contributed by atoms with Gasteiger partial charge in [0.05, 0.1) is 11.9 Å². The fourth-order valence-corrected chi connectivity index (χ4v) is 3.24. The summed E-state index contributed by atoms with van der Waals surface area (Å²) in [7, 11) is 0. The molecular weight excluding hydrogens is 320 g/mol. The molecule has 2 heterocycles. The van der Waals surface area contributed by atoms with Gasteiger partial charge in [-0.05, 0) is 18.9 Å². The van der Waals surface area contributed by atoms with E-state index in [1.807, 2.05) is 6.92 Å². The Bertz CT molecular complexity index is 828. The summed E-state index contributed by atoms with van der Waals surface area (Å²) in [5.41, 5.74) is 3.56. The van der Waals surface area contributed by atoms with Gasteiger partial charge in [0.15, 0.2) is 5.13 Å². The number of hydrogen-bond acceptors (Lipinski definition) is 5. The van der Waals surface area contributed by atoms with E-state index in [9.17, 15) is 4.79 Å². The van der Waals surface area contributed by atoms with Crippen molar-refractivity contribution in [3.05, 3.63) is 59.0 Å². The molecule has 122 valence electrons. The van der Waals surface area contributed by atoms with Crippen molar-refractivity contribution in [2.75, 3.05) is 5.32 Å². The molecule has 0 aliphatic rings. The van der Waals surface area contributed by atoms with Gasteiger partial charge in [-0.3, -0.25) is 15.1 Å². The van der Waals surface area contributed by atoms with Gasteiger partial charge in [-0.15, -0.1) is 11.3 Å². The third kappa shape index (κ3) is 3.65. The Kier molecular flexibility index (Phi) is 4.96. The lowest BCUT2D eigenvalue weighted by atomic mass is 10.1. The molecule has 1 amide bonds. The van der Waals surface area contributed by atoms with Crippen molar-refractivity contribution in [2.45, 2.75) is 26.7 Å². The molecule has 2 aromatic heterocycles. The minimum absolute atomic E-state index is 0.274. The second-order valence-electron chi connectivity index (χ2n) is 5.42. The van der Waals surface area contributed by atoms with E-state index in [4.69, 9.17) is 0 Å². The summed E-state index contributed by atoms with van der Waals surface area (Å²) in [5, 5.41) is 3.35. The van der Waals surface area contributed by atoms with Crippen LogP contribution in [0.5, 0.6) is 0 Å². The van der Waals surface area contributed by atoms with Crippen LogP contribution in [0, 0.1) is 6.92 Å². The van der Waals surface area contributed by atoms with Crippen LogP contribution in [0.4, 0.5) is 5.13 Å². The van der Waals surface area contributed by atoms with Gasteiger partial charge in [-0.2, -0.15) is 0 Å². The van der Waals surface area contributed by atoms with Crippen molar-refractivity contribution in [1.29, 1.82) is 0 Å². The number of nitrogens with one attached hydrogen (secondary N) is 1. The smallest absolute Gasteiger partial charge is 0.277 e. The number of rotatable bonds is 5. The molecule has 0 fully saturated rings. The van der Waals surface area contributed by atoms with Crippen LogP contribution in [-0.2, 0) is 6.42 Å². The molecule has 0 aliphatic heterocycles. The van der Waals surface area contributed by atoms with Crippen LogP contribution in [0.3, 0.4) is 0 Å². The average molecular weight is 338 g/mol. The van der Waals surface area contributed by atoms with Gasteiger partial charge < -0.3 is 0 Å². The topological polar surface area (TPSA) is 67.8 Å². The van der Waals surface area contributed by atoms with Gasteiger partial charge in [0.2, 0.25) is 0 Å². The monoisotopic (exact) mass is 338 g/mol. The summed E-state index contributed by atoms with van der Waals surface area (Å²) in [6.45, 7) is 4.18. The maximum Gasteiger partial charge on any atom is 0.277 e. The van der Waals surface area contributed by atoms with E-state index >= 15 is 0 Å². The molecule has 0 saturated heterocycles. The second-order valence-corrected chi connectivity index (χ2v) is 6.62. The summed E-state index contributed by atoms with van der Waals surface area (Å²) in [6.07, 6.45) is 6.67. The van der Waals surface area contributed by atoms with E-state index < -0.39 is 0 Å². The van der Waals surface area contributed by atoms with Gasteiger partial charge in [-0.25, -0.2) is 9.97 Å². The molecule has 0 saturated carbocycles. The molecule has 5 nitrogen and oxygen atoms in total. The molecule has 24 heavy (non-hydrogen) atoms. The van der Waals surface area contributed by atoms with Gasteiger partial charge in [0.25, 0.3) is 5.91 Å². The minimum Gasteiger partial charge on any atom is -0.296 e. The number of anilines is 1. The Morgan fingerprint density at radius 2 is 2.00 bits per heavy atom. The summed E-state index contributed by atoms with van der Waals surface area (Å²) < 4.78 is 0. The van der Waals surface area contributed by atoms with E-state index in [1.165, 1.54) is 35.5 Å². The predicted molar refractivity (Wildman–Crippen MR) is 96.3 cm³/mol. The van der Waals surface area contributed by atoms with Crippen molar-refractivity contribution >= 4 is 22.4 Å². The van der Waals surface area contributed by atoms with Gasteiger partial charge >= 0.3 is 0 Å². The van der Waals surface area contributed by atoms with E-state index in [1.54, 1.807) is 0 Å². The first-order valence-corrected chi connectivity index (χ1v) is 8.63. The highest BCUT2D eigenvalue weighted by atomic mass is 32.1. The number of carbonyl (C=O) groups excluding carboxylic acids is 1. The molecule has 0 spiro atoms. The zero-order chi connectivity index (χ0) is 16.9. The highest BCUT2D eigenvalue weighted by molar-refractivity contribution is 7.16. The third-order valence-corrected chi connectivity index (χ3v) is 4.47. The fourth-order valence-electron chi connectivity index (χ4n) is 2.41. The summed E-state index contributed by atoms with van der Waals surface area (Å²) in [4.78, 5) is 25.7. The number of thiazole rings is 1. The van der Waals surface area contributed by atoms with Crippen molar-refractivity contribution in [3.8, 4) is 11.3 Å². The molecule has 1 aromatic carbocycles. The molecular formula is C18H18N4OS. The van der Waals surface area contributed by atoms with Crippen LogP contribution in [0.2, 0.25) is 0 Å². The number of aromatic nitrogens is 3. The maximum atomic E-state index is 12.1. The molecule has 3 aromatic rings. The van der Waals surface area contributed by atoms with Crippen LogP contribution in [0.25, 0.3) is 11.3 Å². The van der Waals surface area contributed by atoms with E-state index in [-0.39, 0.29) is 11.6 Å². The first kappa shape index (κ1) is 16.3. The minimum atomic E-state index is -0.304. The SMILES string of the molecule is CCCc1ccc(-c2nc(NC(=O)c3cnccn3)sc2C)cc1. The lowest BCUT2D eigenvalue weighted by molar-refractivity contribution is 0.102. The van der Waals surface area contributed by atoms with E-state index in [0.29, 0.717) is 5.13 Å². The normalized spacial score (nSPS) is 10.6. The fraction of sp³-hybridized carbons (Fsp3) is 0.222. The molecule has 3 rings (SSSR count). The first-order chi connectivity index (χ1) is 11.7. The highest BCUT2D eigenvalue weighted by Crippen LogP contribution is 2.30. The number of amides is 1. The van der Waals surface area contributed by atoms with E-state index in [0.717, 1.165) is 29.0 Å². The quantitative estimate of drug-likeness (QED) is 0.760. The molecule has 0 atom stereocenters. The summed E-state index contributed by atoms with van der Waals surface area (Å²) in [5.74, 6) is -0.304. The van der Waals surface area contributed by atoms with E-state index in [2.05, 4.69) is 51.5 Å². The molecule has 0 aliphatic carbocycles. The zero-order valence-electron chi connectivity index (χ0n) is 13.6. The number of aryl methyl sites for hydroxylation is 2. The standard InChI is InChI=1S/C18H18N4OS/c1-3-4-13-5-7-14(8-6-13)16-12(2)24-18(21-16)22-17(23)15-11-19-9-10-20-15/h5-11H,3-4H2,1-2H3,(H,21,22,23). The molecule has 0 bridgehead atoms. The van der Waals surface area contributed by atoms with Crippen LogP contribution in [-0.4, -0.2) is 20.9 Å². The molecule has 0 radical (unpaired) electrons. The van der Waals surface area contributed by atoms with Crippen LogP contribution >= 0.6 is 11.3 Å². The Morgan fingerprint density at radius 3 is 2.67 bits per heavy atom. The highest BCUT2D eigenvalue weighted by Gasteiger charge is 2.14. The predicted octanol–water partition coefficient (Wildman–Crippen LogP) is 4.11. The van der Waals surface area contributed by atoms with Crippen molar-refractivity contribution in [2.24, 2.45) is 0 Å². The van der Waals surface area contributed by atoms with Gasteiger partial charge in [0, 0.05) is 22.8 Å². The Balaban J connectivity index is 1.78. The van der Waals surface area contributed by atoms with Crippen LogP contribution in [0.15, 0.2) is 42.9 Å². The molecule has 1 N–H and O–H groups in total. The zero-order valence-corrected chi connectivity index (χ0v) is 14.4. The Morgan fingerprint density at radius 1 is 1.21 bits per heavy atom. The molecule has 6 heteroatoms. The lowest BCUT2D eigenvalue weighted by Gasteiger charge is -2.02. The summed E-state index contributed by atoms with van der Waals surface area (Å²) in [6, 6.07) is 8.44. The van der Waals surface area contributed by atoms with Crippen LogP contribution in [0.1, 0.15) is 34.3 Å². The van der Waals surface area contributed by atoms with Crippen molar-refractivity contribution in [1.82, 2.24) is 15.0 Å². The number of benzene rings is 1. The van der Waals surface area contributed by atoms with Gasteiger partial charge in [0.1, 0.15) is 5.69 Å². The van der Waals surface area contributed by atoms with Crippen LogP contribution < -0.4 is 5.32 Å². The Labute approximate surface area is 144 Å². The number of hydrogen-bond donors (Lipinski definition) is 1. The second kappa shape index (κ2) is 7.31. The first-order valence-electron chi connectivity index (χ1n) is 7.81. The third-order valence-electron chi connectivity index (χ3n) is 3.58. The van der Waals surface area contributed by atoms with Crippen molar-refractivity contribution in [3.63, 3.8) is 0 Å². The average Bonchev–Trinajstić information content (AvgIpc) is 2.97. The number of carbonyl (C=O) groups is 1. The maximum absolute atomic E-state index is 12.1. The lowest BCUT2D eigenvalue weighted by Crippen LogP contribution is -2.13. The largest absolute Gasteiger partial charge is 0.296 e. The number of nitrogens with zero attached hydrogens (tertiary/aromatic N) is 3. The Hall–Kier alpha value is -2.60. The van der Waals surface area contributed by atoms with Gasteiger partial charge in [-0.1, -0.05) is 37.6 Å². The summed E-state index contributed by atoms with van der Waals surface area (Å²) >= 11 is 1.46.